The van der Waals surface area contributed by atoms with Crippen molar-refractivity contribution in [3.05, 3.63) is 33.9 Å². The molecule has 0 radical (unpaired) electrons. The van der Waals surface area contributed by atoms with Gasteiger partial charge < -0.3 is 20.7 Å². The van der Waals surface area contributed by atoms with Gasteiger partial charge in [0, 0.05) is 49.8 Å². The standard InChI is InChI=1S/C17H24N4O5/c1-26-15-10-12(5-6-14(15)21(24)25)17(23)20-9-3-2-4-13(20)11-19-16(22)7-8-18/h5-6,10,13H,2-4,7-9,11,18H2,1H3,(H,19,22). The van der Waals surface area contributed by atoms with E-state index in [0.717, 1.165) is 19.3 Å². The summed E-state index contributed by atoms with van der Waals surface area (Å²) in [6.45, 7) is 1.23. The second-order valence-electron chi connectivity index (χ2n) is 6.13. The highest BCUT2D eigenvalue weighted by molar-refractivity contribution is 5.95. The van der Waals surface area contributed by atoms with Crippen LogP contribution in [0.4, 0.5) is 5.69 Å². The molecule has 2 rings (SSSR count). The maximum Gasteiger partial charge on any atom is 0.310 e. The molecule has 142 valence electrons. The van der Waals surface area contributed by atoms with Crippen molar-refractivity contribution >= 4 is 17.5 Å². The number of amides is 2. The molecule has 0 aromatic heterocycles. The highest BCUT2D eigenvalue weighted by atomic mass is 16.6. The fraction of sp³-hybridized carbons (Fsp3) is 0.529. The molecule has 1 aliphatic rings. The quantitative estimate of drug-likeness (QED) is 0.550. The van der Waals surface area contributed by atoms with Gasteiger partial charge in [-0.15, -0.1) is 0 Å². The molecule has 0 aliphatic carbocycles. The van der Waals surface area contributed by atoms with E-state index in [9.17, 15) is 19.7 Å². The van der Waals surface area contributed by atoms with E-state index in [2.05, 4.69) is 5.32 Å². The number of ether oxygens (including phenoxy) is 1. The summed E-state index contributed by atoms with van der Waals surface area (Å²) < 4.78 is 5.04. The summed E-state index contributed by atoms with van der Waals surface area (Å²) in [5.74, 6) is -0.316. The van der Waals surface area contributed by atoms with Crippen LogP contribution in [0.25, 0.3) is 0 Å². The normalized spacial score (nSPS) is 16.8. The number of hydrogen-bond acceptors (Lipinski definition) is 6. The highest BCUT2D eigenvalue weighted by Crippen LogP contribution is 2.29. The van der Waals surface area contributed by atoms with Gasteiger partial charge in [-0.25, -0.2) is 0 Å². The molecule has 1 aliphatic heterocycles. The largest absolute Gasteiger partial charge is 0.490 e. The number of hydrogen-bond donors (Lipinski definition) is 2. The van der Waals surface area contributed by atoms with Crippen molar-refractivity contribution in [3.8, 4) is 5.75 Å². The Balaban J connectivity index is 2.14. The second kappa shape index (κ2) is 9.14. The lowest BCUT2D eigenvalue weighted by Gasteiger charge is -2.36. The molecule has 9 nitrogen and oxygen atoms in total. The van der Waals surface area contributed by atoms with Crippen LogP contribution >= 0.6 is 0 Å². The predicted octanol–water partition coefficient (Wildman–Crippen LogP) is 1.06. The number of likely N-dealkylation sites (tertiary alicyclic amines) is 1. The molecular formula is C17H24N4O5. The fourth-order valence-corrected chi connectivity index (χ4v) is 3.06. The first-order valence-corrected chi connectivity index (χ1v) is 8.58. The second-order valence-corrected chi connectivity index (χ2v) is 6.13. The number of nitrogens with two attached hydrogens (primary N) is 1. The average molecular weight is 364 g/mol. The van der Waals surface area contributed by atoms with Gasteiger partial charge in [0.05, 0.1) is 12.0 Å². The number of rotatable bonds is 7. The number of nitro groups is 1. The van der Waals surface area contributed by atoms with Crippen LogP contribution in [0.5, 0.6) is 5.75 Å². The summed E-state index contributed by atoms with van der Waals surface area (Å²) >= 11 is 0. The molecule has 0 bridgehead atoms. The molecule has 9 heteroatoms. The third-order valence-electron chi connectivity index (χ3n) is 4.42. The SMILES string of the molecule is COc1cc(C(=O)N2CCCCC2CNC(=O)CCN)ccc1[N+](=O)[O-]. The molecule has 0 saturated carbocycles. The molecule has 3 N–H and O–H groups in total. The average Bonchev–Trinajstić information content (AvgIpc) is 2.65. The van der Waals surface area contributed by atoms with Crippen molar-refractivity contribution in [1.82, 2.24) is 10.2 Å². The van der Waals surface area contributed by atoms with Crippen LogP contribution in [0.1, 0.15) is 36.0 Å². The highest BCUT2D eigenvalue weighted by Gasteiger charge is 2.29. The van der Waals surface area contributed by atoms with Gasteiger partial charge in [-0.2, -0.15) is 0 Å². The predicted molar refractivity (Wildman–Crippen MR) is 95.0 cm³/mol. The van der Waals surface area contributed by atoms with Gasteiger partial charge in [0.1, 0.15) is 0 Å². The zero-order valence-corrected chi connectivity index (χ0v) is 14.8. The van der Waals surface area contributed by atoms with E-state index >= 15 is 0 Å². The van der Waals surface area contributed by atoms with E-state index in [1.807, 2.05) is 0 Å². The molecule has 1 fully saturated rings. The van der Waals surface area contributed by atoms with Gasteiger partial charge >= 0.3 is 5.69 Å². The van der Waals surface area contributed by atoms with Crippen LogP contribution in [0, 0.1) is 10.1 Å². The molecule has 0 spiro atoms. The van der Waals surface area contributed by atoms with Gasteiger partial charge in [-0.1, -0.05) is 0 Å². The minimum atomic E-state index is -0.552. The molecule has 1 heterocycles. The third-order valence-corrected chi connectivity index (χ3v) is 4.42. The van der Waals surface area contributed by atoms with Crippen LogP contribution in [0.2, 0.25) is 0 Å². The Hall–Kier alpha value is -2.68. The van der Waals surface area contributed by atoms with Crippen molar-refractivity contribution in [2.45, 2.75) is 31.7 Å². The minimum Gasteiger partial charge on any atom is -0.490 e. The molecule has 2 amide bonds. The van der Waals surface area contributed by atoms with Crippen molar-refractivity contribution in [3.63, 3.8) is 0 Å². The lowest BCUT2D eigenvalue weighted by atomic mass is 10.0. The van der Waals surface area contributed by atoms with Gasteiger partial charge in [0.15, 0.2) is 5.75 Å². The van der Waals surface area contributed by atoms with Crippen LogP contribution in [-0.4, -0.2) is 54.4 Å². The Bertz CT molecular complexity index is 679. The molecule has 26 heavy (non-hydrogen) atoms. The van der Waals surface area contributed by atoms with E-state index in [4.69, 9.17) is 10.5 Å². The maximum atomic E-state index is 12.9. The molecule has 1 saturated heterocycles. The summed E-state index contributed by atoms with van der Waals surface area (Å²) in [5.41, 5.74) is 5.51. The van der Waals surface area contributed by atoms with E-state index in [0.29, 0.717) is 18.7 Å². The number of nitrogens with one attached hydrogen (secondary N) is 1. The van der Waals surface area contributed by atoms with Crippen molar-refractivity contribution < 1.29 is 19.2 Å². The van der Waals surface area contributed by atoms with Gasteiger partial charge in [0.25, 0.3) is 5.91 Å². The zero-order valence-electron chi connectivity index (χ0n) is 14.8. The molecular weight excluding hydrogens is 340 g/mol. The summed E-state index contributed by atoms with van der Waals surface area (Å²) in [6, 6.07) is 3.98. The molecule has 1 unspecified atom stereocenters. The van der Waals surface area contributed by atoms with Crippen LogP contribution < -0.4 is 15.8 Å². The first-order chi connectivity index (χ1) is 12.5. The summed E-state index contributed by atoms with van der Waals surface area (Å²) in [6.07, 6.45) is 2.90. The topological polar surface area (TPSA) is 128 Å². The first-order valence-electron chi connectivity index (χ1n) is 8.58. The molecule has 1 atom stereocenters. The fourth-order valence-electron chi connectivity index (χ4n) is 3.06. The van der Waals surface area contributed by atoms with Crippen LogP contribution in [0.3, 0.4) is 0 Å². The number of carbonyl (C=O) groups is 2. The smallest absolute Gasteiger partial charge is 0.310 e. The van der Waals surface area contributed by atoms with Gasteiger partial charge in [-0.05, 0) is 25.3 Å². The van der Waals surface area contributed by atoms with Gasteiger partial charge in [-0.3, -0.25) is 19.7 Å². The first kappa shape index (κ1) is 19.6. The van der Waals surface area contributed by atoms with E-state index in [1.165, 1.54) is 25.3 Å². The van der Waals surface area contributed by atoms with E-state index in [1.54, 1.807) is 4.90 Å². The number of methoxy groups -OCH3 is 1. The monoisotopic (exact) mass is 364 g/mol. The van der Waals surface area contributed by atoms with E-state index in [-0.39, 0.29) is 42.3 Å². The van der Waals surface area contributed by atoms with Crippen LogP contribution in [0.15, 0.2) is 18.2 Å². The minimum absolute atomic E-state index is 0.0469. The number of carbonyl (C=O) groups excluding carboxylic acids is 2. The van der Waals surface area contributed by atoms with Crippen LogP contribution in [-0.2, 0) is 4.79 Å². The number of nitro benzene ring substituents is 1. The lowest BCUT2D eigenvalue weighted by Crippen LogP contribution is -2.49. The van der Waals surface area contributed by atoms with Gasteiger partial charge in [0.2, 0.25) is 5.91 Å². The Labute approximate surface area is 151 Å². The molecule has 1 aromatic rings. The van der Waals surface area contributed by atoms with Crippen molar-refractivity contribution in [2.75, 3.05) is 26.7 Å². The van der Waals surface area contributed by atoms with E-state index < -0.39 is 4.92 Å². The number of nitrogens with zero attached hydrogens (tertiary/aromatic N) is 2. The Morgan fingerprint density at radius 3 is 2.85 bits per heavy atom. The Morgan fingerprint density at radius 1 is 1.42 bits per heavy atom. The summed E-state index contributed by atoms with van der Waals surface area (Å²) in [7, 11) is 1.33. The van der Waals surface area contributed by atoms with Crippen molar-refractivity contribution in [1.29, 1.82) is 0 Å². The summed E-state index contributed by atoms with van der Waals surface area (Å²) in [5, 5.41) is 13.8. The maximum absolute atomic E-state index is 12.9. The third kappa shape index (κ3) is 4.69. The zero-order chi connectivity index (χ0) is 19.1. The Morgan fingerprint density at radius 2 is 2.19 bits per heavy atom. The number of benzene rings is 1. The number of piperidine rings is 1. The lowest BCUT2D eigenvalue weighted by molar-refractivity contribution is -0.385. The molecule has 1 aromatic carbocycles. The van der Waals surface area contributed by atoms with Crippen molar-refractivity contribution in [2.24, 2.45) is 5.73 Å². The Kier molecular flexibility index (Phi) is 6.90. The summed E-state index contributed by atoms with van der Waals surface area (Å²) in [4.78, 5) is 36.7.